The molecule has 9 nitrogen and oxygen atoms in total. The Kier molecular flexibility index (Phi) is 7.58. The molecule has 202 valence electrons. The Morgan fingerprint density at radius 1 is 1.05 bits per heavy atom. The molecule has 2 N–H and O–H groups in total. The summed E-state index contributed by atoms with van der Waals surface area (Å²) in [5, 5.41) is 15.6. The number of nitrogens with zero attached hydrogens (tertiary/aromatic N) is 3. The molecular formula is C29H30ClN5O4. The van der Waals surface area contributed by atoms with E-state index in [0.717, 1.165) is 25.7 Å². The van der Waals surface area contributed by atoms with Crippen LogP contribution in [0.5, 0.6) is 0 Å². The maximum atomic E-state index is 13.4. The van der Waals surface area contributed by atoms with E-state index in [1.165, 1.54) is 16.7 Å². The number of hydrogen-bond donors (Lipinski definition) is 2. The van der Waals surface area contributed by atoms with Gasteiger partial charge in [-0.05, 0) is 74.9 Å². The zero-order valence-electron chi connectivity index (χ0n) is 21.7. The van der Waals surface area contributed by atoms with Crippen LogP contribution >= 0.6 is 11.6 Å². The number of rotatable bonds is 7. The predicted molar refractivity (Wildman–Crippen MR) is 149 cm³/mol. The molecule has 0 unspecified atom stereocenters. The number of hydrogen-bond acceptors (Lipinski definition) is 5. The first-order chi connectivity index (χ1) is 18.8. The number of carbonyl (C=O) groups excluding carboxylic acids is 2. The monoisotopic (exact) mass is 547 g/mol. The van der Waals surface area contributed by atoms with Crippen molar-refractivity contribution < 1.29 is 9.59 Å². The molecule has 0 bridgehead atoms. The van der Waals surface area contributed by atoms with Crippen molar-refractivity contribution >= 4 is 40.0 Å². The molecule has 0 radical (unpaired) electrons. The third-order valence-corrected chi connectivity index (χ3v) is 8.03. The van der Waals surface area contributed by atoms with E-state index >= 15 is 0 Å². The molecule has 1 heterocycles. The van der Waals surface area contributed by atoms with Crippen molar-refractivity contribution in [2.45, 2.75) is 64.6 Å². The van der Waals surface area contributed by atoms with Gasteiger partial charge in [0, 0.05) is 30.4 Å². The number of aryl methyl sites for hydroxylation is 1. The molecule has 2 fully saturated rings. The van der Waals surface area contributed by atoms with Gasteiger partial charge in [-0.25, -0.2) is 4.79 Å². The molecule has 0 spiro atoms. The lowest BCUT2D eigenvalue weighted by Gasteiger charge is -2.31. The molecule has 10 heteroatoms. The van der Waals surface area contributed by atoms with Crippen molar-refractivity contribution in [1.82, 2.24) is 14.5 Å². The quantitative estimate of drug-likeness (QED) is 0.461. The third-order valence-electron chi connectivity index (χ3n) is 7.72. The van der Waals surface area contributed by atoms with Gasteiger partial charge in [0.1, 0.15) is 6.07 Å². The van der Waals surface area contributed by atoms with Gasteiger partial charge in [0.2, 0.25) is 5.91 Å². The fourth-order valence-electron chi connectivity index (χ4n) is 5.38. The summed E-state index contributed by atoms with van der Waals surface area (Å²) in [5.41, 5.74) is 0.978. The number of anilines is 1. The van der Waals surface area contributed by atoms with E-state index in [1.54, 1.807) is 28.8 Å². The van der Waals surface area contributed by atoms with Crippen molar-refractivity contribution in [1.29, 1.82) is 5.26 Å². The minimum Gasteiger partial charge on any atom is -0.349 e. The number of carbonyl (C=O) groups is 2. The third kappa shape index (κ3) is 5.48. The topological polar surface area (TPSA) is 126 Å². The summed E-state index contributed by atoms with van der Waals surface area (Å²) in [7, 11) is 0. The smallest absolute Gasteiger partial charge is 0.331 e. The predicted octanol–water partition coefficient (Wildman–Crippen LogP) is 4.05. The first-order valence-electron chi connectivity index (χ1n) is 13.4. The molecule has 0 aliphatic heterocycles. The Bertz CT molecular complexity index is 1610. The SMILES string of the molecule is CCn1c(=O)n(CC2CC2)c(=O)c2cc(NC(=O)[C@@H]3CCCC[C@H]3NC(=O)c3ccc(C#N)c(Cl)c3)ccc21. The van der Waals surface area contributed by atoms with Crippen molar-refractivity contribution in [3.8, 4) is 6.07 Å². The van der Waals surface area contributed by atoms with Crippen molar-refractivity contribution in [3.05, 3.63) is 73.4 Å². The summed E-state index contributed by atoms with van der Waals surface area (Å²) in [5.74, 6) is -0.687. The Labute approximate surface area is 230 Å². The molecule has 2 aliphatic rings. The highest BCUT2D eigenvalue weighted by molar-refractivity contribution is 6.32. The van der Waals surface area contributed by atoms with Crippen molar-refractivity contribution in [3.63, 3.8) is 0 Å². The van der Waals surface area contributed by atoms with Gasteiger partial charge >= 0.3 is 5.69 Å². The highest BCUT2D eigenvalue weighted by Gasteiger charge is 2.32. The Hall–Kier alpha value is -3.90. The van der Waals surface area contributed by atoms with E-state index in [-0.39, 0.29) is 39.7 Å². The van der Waals surface area contributed by atoms with Crippen LogP contribution in [0.15, 0.2) is 46.0 Å². The summed E-state index contributed by atoms with van der Waals surface area (Å²) in [6.45, 7) is 2.71. The molecule has 39 heavy (non-hydrogen) atoms. The Morgan fingerprint density at radius 2 is 1.82 bits per heavy atom. The van der Waals surface area contributed by atoms with Crippen LogP contribution < -0.4 is 21.9 Å². The fourth-order valence-corrected chi connectivity index (χ4v) is 5.60. The second kappa shape index (κ2) is 11.1. The van der Waals surface area contributed by atoms with Gasteiger partial charge in [0.25, 0.3) is 11.5 Å². The second-order valence-electron chi connectivity index (χ2n) is 10.4. The van der Waals surface area contributed by atoms with Crippen LogP contribution in [0.1, 0.15) is 61.4 Å². The summed E-state index contributed by atoms with van der Waals surface area (Å²) >= 11 is 6.09. The Balaban J connectivity index is 1.37. The summed E-state index contributed by atoms with van der Waals surface area (Å²) in [4.78, 5) is 52.5. The number of fused-ring (bicyclic) bond motifs is 1. The van der Waals surface area contributed by atoms with Crippen LogP contribution in [0, 0.1) is 23.2 Å². The van der Waals surface area contributed by atoms with Gasteiger partial charge in [-0.2, -0.15) is 5.26 Å². The molecule has 5 rings (SSSR count). The van der Waals surface area contributed by atoms with Crippen LogP contribution in [0.25, 0.3) is 10.9 Å². The highest BCUT2D eigenvalue weighted by Crippen LogP contribution is 2.30. The molecule has 0 saturated heterocycles. The summed E-state index contributed by atoms with van der Waals surface area (Å²) in [6, 6.07) is 11.1. The van der Waals surface area contributed by atoms with Gasteiger partial charge in [-0.15, -0.1) is 0 Å². The second-order valence-corrected chi connectivity index (χ2v) is 10.8. The first-order valence-corrected chi connectivity index (χ1v) is 13.8. The minimum absolute atomic E-state index is 0.198. The maximum Gasteiger partial charge on any atom is 0.331 e. The van der Waals surface area contributed by atoms with E-state index in [2.05, 4.69) is 10.6 Å². The van der Waals surface area contributed by atoms with Gasteiger partial charge in [0.15, 0.2) is 0 Å². The van der Waals surface area contributed by atoms with E-state index in [4.69, 9.17) is 16.9 Å². The van der Waals surface area contributed by atoms with Crippen LogP contribution in [0.4, 0.5) is 5.69 Å². The van der Waals surface area contributed by atoms with Crippen molar-refractivity contribution in [2.75, 3.05) is 5.32 Å². The average molecular weight is 548 g/mol. The molecule has 2 atom stereocenters. The molecule has 3 aromatic rings. The molecule has 2 saturated carbocycles. The van der Waals surface area contributed by atoms with Crippen LogP contribution in [-0.2, 0) is 17.9 Å². The lowest BCUT2D eigenvalue weighted by Crippen LogP contribution is -2.46. The lowest BCUT2D eigenvalue weighted by atomic mass is 9.83. The van der Waals surface area contributed by atoms with Gasteiger partial charge in [-0.1, -0.05) is 24.4 Å². The van der Waals surface area contributed by atoms with Crippen LogP contribution in [0.3, 0.4) is 0 Å². The number of nitriles is 1. The van der Waals surface area contributed by atoms with Gasteiger partial charge < -0.3 is 10.6 Å². The number of halogens is 1. The van der Waals surface area contributed by atoms with Gasteiger partial charge in [-0.3, -0.25) is 23.5 Å². The molecular weight excluding hydrogens is 518 g/mol. The van der Waals surface area contributed by atoms with E-state index in [0.29, 0.717) is 54.0 Å². The molecule has 1 aromatic heterocycles. The molecule has 2 aromatic carbocycles. The number of aromatic nitrogens is 2. The van der Waals surface area contributed by atoms with E-state index in [1.807, 2.05) is 13.0 Å². The van der Waals surface area contributed by atoms with Crippen molar-refractivity contribution in [2.24, 2.45) is 11.8 Å². The summed E-state index contributed by atoms with van der Waals surface area (Å²) < 4.78 is 2.91. The lowest BCUT2D eigenvalue weighted by molar-refractivity contribution is -0.121. The first kappa shape index (κ1) is 26.7. The molecule has 2 amide bonds. The zero-order chi connectivity index (χ0) is 27.7. The Morgan fingerprint density at radius 3 is 2.51 bits per heavy atom. The van der Waals surface area contributed by atoms with Crippen LogP contribution in [-0.4, -0.2) is 27.0 Å². The maximum absolute atomic E-state index is 13.4. The fraction of sp³-hybridized carbons (Fsp3) is 0.414. The van der Waals surface area contributed by atoms with Gasteiger partial charge in [0.05, 0.1) is 27.4 Å². The number of amides is 2. The number of benzene rings is 2. The summed E-state index contributed by atoms with van der Waals surface area (Å²) in [6.07, 6.45) is 5.04. The van der Waals surface area contributed by atoms with E-state index < -0.39 is 5.92 Å². The van der Waals surface area contributed by atoms with E-state index in [9.17, 15) is 19.2 Å². The number of nitrogens with one attached hydrogen (secondary N) is 2. The standard InChI is InChI=1S/C29H30ClN5O4/c1-2-34-25-12-11-20(14-22(25)28(38)35(29(34)39)16-17-7-8-17)32-27(37)21-5-3-4-6-24(21)33-26(36)18-9-10-19(15-31)23(30)13-18/h9-14,17,21,24H,2-8,16H2,1H3,(H,32,37)(H,33,36)/t21-,24-/m1/s1. The normalized spacial score (nSPS) is 18.9. The van der Waals surface area contributed by atoms with Crippen LogP contribution in [0.2, 0.25) is 5.02 Å². The molecule has 2 aliphatic carbocycles. The minimum atomic E-state index is -0.455. The highest BCUT2D eigenvalue weighted by atomic mass is 35.5. The zero-order valence-corrected chi connectivity index (χ0v) is 22.5. The average Bonchev–Trinajstić information content (AvgIpc) is 3.76. The largest absolute Gasteiger partial charge is 0.349 e.